The summed E-state index contributed by atoms with van der Waals surface area (Å²) in [6, 6.07) is 0. The van der Waals surface area contributed by atoms with Gasteiger partial charge in [0.05, 0.1) is 16.7 Å². The highest BCUT2D eigenvalue weighted by atomic mass is 79.9. The molecule has 0 aliphatic heterocycles. The molecule has 6 nitrogen and oxygen atoms in total. The Kier molecular flexibility index (Phi) is 12.8. The number of hydrogen-bond donors (Lipinski definition) is 3. The Balaban J connectivity index is 3.86. The Morgan fingerprint density at radius 1 is 0.500 bits per heavy atom. The van der Waals surface area contributed by atoms with Gasteiger partial charge in [-0.15, -0.1) is 0 Å². The lowest BCUT2D eigenvalue weighted by atomic mass is 9.81. The van der Waals surface area contributed by atoms with E-state index in [1.54, 1.807) is 0 Å². The Bertz CT molecular complexity index is 764. The first-order valence-corrected chi connectivity index (χ1v) is 13.3. The zero-order valence-corrected chi connectivity index (χ0v) is 21.4. The first kappa shape index (κ1) is 27.1. The maximum atomic E-state index is 12.3. The van der Waals surface area contributed by atoms with Gasteiger partial charge in [0.2, 0.25) is 0 Å². The molecule has 0 saturated carbocycles. The van der Waals surface area contributed by atoms with Gasteiger partial charge in [-0.3, -0.25) is 0 Å². The summed E-state index contributed by atoms with van der Waals surface area (Å²) < 4.78 is 0. The van der Waals surface area contributed by atoms with Crippen LogP contribution in [0.15, 0.2) is 0 Å². The maximum Gasteiger partial charge on any atom is 0.336 e. The van der Waals surface area contributed by atoms with Gasteiger partial charge >= 0.3 is 17.9 Å². The highest BCUT2D eigenvalue weighted by Crippen LogP contribution is 2.33. The van der Waals surface area contributed by atoms with Gasteiger partial charge in [-0.05, 0) is 74.5 Å². The molecule has 0 unspecified atom stereocenters. The lowest BCUT2D eigenvalue weighted by Crippen LogP contribution is -2.22. The molecule has 0 spiro atoms. The molecular weight excluding hydrogens is 588 g/mol. The van der Waals surface area contributed by atoms with Crippen LogP contribution in [0, 0.1) is 0 Å². The summed E-state index contributed by atoms with van der Waals surface area (Å²) >= 11 is 10.0. The summed E-state index contributed by atoms with van der Waals surface area (Å²) in [5.74, 6) is -3.90. The van der Waals surface area contributed by atoms with Gasteiger partial charge in [0.1, 0.15) is 0 Å². The minimum atomic E-state index is -1.39. The largest absolute Gasteiger partial charge is 0.478 e. The topological polar surface area (TPSA) is 112 Å². The number of hydrogen-bond acceptors (Lipinski definition) is 3. The molecule has 3 N–H and O–H groups in total. The summed E-state index contributed by atoms with van der Waals surface area (Å²) in [6.45, 7) is 0. The molecule has 1 aromatic rings. The van der Waals surface area contributed by atoms with Crippen molar-refractivity contribution < 1.29 is 29.7 Å². The molecule has 1 rings (SSSR count). The molecular formula is C21H27Br3O6. The maximum absolute atomic E-state index is 12.3. The molecule has 0 aliphatic rings. The van der Waals surface area contributed by atoms with Crippen molar-refractivity contribution in [2.24, 2.45) is 0 Å². The predicted octanol–water partition coefficient (Wildman–Crippen LogP) is 5.93. The Hall–Kier alpha value is -0.930. The number of aromatic carboxylic acids is 3. The molecule has 9 heteroatoms. The fraction of sp³-hybridized carbons (Fsp3) is 0.571. The Morgan fingerprint density at radius 3 is 1.13 bits per heavy atom. The third-order valence-electron chi connectivity index (χ3n) is 4.89. The van der Waals surface area contributed by atoms with Crippen molar-refractivity contribution in [3.05, 3.63) is 33.4 Å². The third-order valence-corrected chi connectivity index (χ3v) is 6.58. The van der Waals surface area contributed by atoms with Gasteiger partial charge in [0, 0.05) is 16.0 Å². The molecule has 0 radical (unpaired) electrons. The second-order valence-corrected chi connectivity index (χ2v) is 9.29. The second kappa shape index (κ2) is 14.2. The van der Waals surface area contributed by atoms with Crippen LogP contribution < -0.4 is 0 Å². The molecule has 0 bridgehead atoms. The van der Waals surface area contributed by atoms with Crippen molar-refractivity contribution in [2.45, 2.75) is 57.8 Å². The number of rotatable bonds is 15. The normalized spacial score (nSPS) is 10.9. The van der Waals surface area contributed by atoms with Crippen LogP contribution in [0.2, 0.25) is 0 Å². The van der Waals surface area contributed by atoms with Gasteiger partial charge in [-0.1, -0.05) is 47.8 Å². The van der Waals surface area contributed by atoms with Crippen LogP contribution in [0.4, 0.5) is 0 Å². The molecule has 0 aromatic heterocycles. The smallest absolute Gasteiger partial charge is 0.336 e. The minimum absolute atomic E-state index is 0.0182. The number of halogens is 3. The molecule has 168 valence electrons. The summed E-state index contributed by atoms with van der Waals surface area (Å²) in [5, 5.41) is 32.0. The van der Waals surface area contributed by atoms with Gasteiger partial charge in [0.15, 0.2) is 0 Å². The van der Waals surface area contributed by atoms with Gasteiger partial charge in [-0.2, -0.15) is 0 Å². The van der Waals surface area contributed by atoms with Crippen molar-refractivity contribution >= 4 is 65.7 Å². The Morgan fingerprint density at radius 2 is 0.800 bits per heavy atom. The predicted molar refractivity (Wildman–Crippen MR) is 128 cm³/mol. The van der Waals surface area contributed by atoms with E-state index in [-0.39, 0.29) is 28.7 Å². The quantitative estimate of drug-likeness (QED) is 0.167. The summed E-state index contributed by atoms with van der Waals surface area (Å²) in [6.07, 6.45) is 5.14. The fourth-order valence-electron chi connectivity index (χ4n) is 3.63. The van der Waals surface area contributed by atoms with Crippen LogP contribution in [-0.4, -0.2) is 49.2 Å². The SMILES string of the molecule is O=C(O)c1c(CCCCBr)c(CCCCBr)c(C(=O)O)c(C(=O)O)c1CCCCBr. The number of benzene rings is 1. The van der Waals surface area contributed by atoms with E-state index in [1.165, 1.54) is 0 Å². The molecule has 0 saturated heterocycles. The Labute approximate surface area is 201 Å². The summed E-state index contributed by atoms with van der Waals surface area (Å²) in [5.41, 5.74) is 0.338. The number of carbonyl (C=O) groups is 3. The van der Waals surface area contributed by atoms with Gasteiger partial charge < -0.3 is 15.3 Å². The first-order chi connectivity index (χ1) is 14.3. The van der Waals surface area contributed by atoms with Crippen molar-refractivity contribution in [1.82, 2.24) is 0 Å². The van der Waals surface area contributed by atoms with E-state index in [4.69, 9.17) is 0 Å². The molecule has 0 heterocycles. The molecule has 0 aliphatic carbocycles. The lowest BCUT2D eigenvalue weighted by molar-refractivity contribution is 0.0646. The monoisotopic (exact) mass is 612 g/mol. The van der Waals surface area contributed by atoms with E-state index in [0.29, 0.717) is 48.6 Å². The van der Waals surface area contributed by atoms with E-state index in [1.807, 2.05) is 0 Å². The molecule has 30 heavy (non-hydrogen) atoms. The van der Waals surface area contributed by atoms with Crippen molar-refractivity contribution in [2.75, 3.05) is 16.0 Å². The van der Waals surface area contributed by atoms with E-state index in [0.717, 1.165) is 29.9 Å². The molecule has 0 atom stereocenters. The number of unbranched alkanes of at least 4 members (excludes halogenated alkanes) is 3. The van der Waals surface area contributed by atoms with Crippen LogP contribution in [0.1, 0.15) is 86.3 Å². The number of carboxylic acid groups (broad SMARTS) is 3. The van der Waals surface area contributed by atoms with Gasteiger partial charge in [-0.25, -0.2) is 14.4 Å². The lowest BCUT2D eigenvalue weighted by Gasteiger charge is -2.22. The molecule has 0 fully saturated rings. The number of carboxylic acids is 3. The molecule has 1 aromatic carbocycles. The van der Waals surface area contributed by atoms with Crippen LogP contribution in [0.25, 0.3) is 0 Å². The van der Waals surface area contributed by atoms with Crippen LogP contribution >= 0.6 is 47.8 Å². The minimum Gasteiger partial charge on any atom is -0.478 e. The highest BCUT2D eigenvalue weighted by Gasteiger charge is 2.32. The number of alkyl halides is 3. The van der Waals surface area contributed by atoms with Crippen LogP contribution in [0.3, 0.4) is 0 Å². The third kappa shape index (κ3) is 7.34. The molecule has 0 amide bonds. The van der Waals surface area contributed by atoms with Crippen molar-refractivity contribution in [1.29, 1.82) is 0 Å². The van der Waals surface area contributed by atoms with Crippen molar-refractivity contribution in [3.8, 4) is 0 Å². The van der Waals surface area contributed by atoms with E-state index >= 15 is 0 Å². The van der Waals surface area contributed by atoms with E-state index in [9.17, 15) is 29.7 Å². The van der Waals surface area contributed by atoms with E-state index in [2.05, 4.69) is 47.8 Å². The summed E-state index contributed by atoms with van der Waals surface area (Å²) in [4.78, 5) is 36.6. The second-order valence-electron chi connectivity index (χ2n) is 6.91. The standard InChI is InChI=1S/C21H27Br3O6/c22-10-4-1-7-13-14(8-2-5-11-23)17(20(27)28)18(21(29)30)15(9-3-6-12-24)16(13)19(25)26/h1-12H2,(H,25,26)(H,27,28)(H,29,30). The van der Waals surface area contributed by atoms with Crippen LogP contribution in [-0.2, 0) is 19.3 Å². The average Bonchev–Trinajstić information content (AvgIpc) is 2.68. The van der Waals surface area contributed by atoms with Crippen LogP contribution in [0.5, 0.6) is 0 Å². The fourth-order valence-corrected chi connectivity index (χ4v) is 4.82. The average molecular weight is 615 g/mol. The van der Waals surface area contributed by atoms with Gasteiger partial charge in [0.25, 0.3) is 0 Å². The van der Waals surface area contributed by atoms with Crippen molar-refractivity contribution in [3.63, 3.8) is 0 Å². The first-order valence-electron chi connectivity index (χ1n) is 9.90. The zero-order chi connectivity index (χ0) is 22.7. The zero-order valence-electron chi connectivity index (χ0n) is 16.7. The highest BCUT2D eigenvalue weighted by molar-refractivity contribution is 9.09. The van der Waals surface area contributed by atoms with E-state index < -0.39 is 17.9 Å². The summed E-state index contributed by atoms with van der Waals surface area (Å²) in [7, 11) is 0.